The Balaban J connectivity index is 1.62. The van der Waals surface area contributed by atoms with Gasteiger partial charge in [0.1, 0.15) is 5.82 Å². The highest BCUT2D eigenvalue weighted by Crippen LogP contribution is 2.14. The molecule has 1 unspecified atom stereocenters. The van der Waals surface area contributed by atoms with Crippen LogP contribution < -0.4 is 0 Å². The first kappa shape index (κ1) is 14.2. The van der Waals surface area contributed by atoms with E-state index < -0.39 is 0 Å². The number of ether oxygens (including phenoxy) is 1. The van der Waals surface area contributed by atoms with E-state index in [1.807, 2.05) is 25.6 Å². The monoisotopic (exact) mass is 287 g/mol. The molecule has 0 aromatic carbocycles. The van der Waals surface area contributed by atoms with E-state index in [-0.39, 0.29) is 0 Å². The van der Waals surface area contributed by atoms with Crippen molar-refractivity contribution in [3.8, 4) is 0 Å². The molecule has 0 aliphatic carbocycles. The summed E-state index contributed by atoms with van der Waals surface area (Å²) in [4.78, 5) is 15.3. The minimum absolute atomic E-state index is 0.449. The zero-order chi connectivity index (χ0) is 14.5. The third kappa shape index (κ3) is 3.86. The molecule has 1 aliphatic rings. The van der Waals surface area contributed by atoms with Crippen LogP contribution in [-0.4, -0.2) is 50.7 Å². The molecule has 21 heavy (non-hydrogen) atoms. The molecule has 112 valence electrons. The molecule has 6 heteroatoms. The van der Waals surface area contributed by atoms with E-state index in [1.165, 1.54) is 0 Å². The molecule has 0 saturated carbocycles. The Kier molecular flexibility index (Phi) is 4.57. The van der Waals surface area contributed by atoms with Gasteiger partial charge in [-0.2, -0.15) is 0 Å². The van der Waals surface area contributed by atoms with Crippen LogP contribution in [0.5, 0.6) is 0 Å². The normalized spacial score (nSPS) is 20.3. The van der Waals surface area contributed by atoms with Gasteiger partial charge in [0.05, 0.1) is 25.5 Å². The maximum absolute atomic E-state index is 5.74. The fourth-order valence-corrected chi connectivity index (χ4v) is 2.70. The number of aromatic nitrogens is 4. The minimum Gasteiger partial charge on any atom is -0.380 e. The van der Waals surface area contributed by atoms with Crippen molar-refractivity contribution in [3.63, 3.8) is 0 Å². The van der Waals surface area contributed by atoms with Crippen LogP contribution in [0, 0.1) is 5.92 Å². The lowest BCUT2D eigenvalue weighted by Crippen LogP contribution is -2.31. The smallest absolute Gasteiger partial charge is 0.122 e. The molecule has 1 fully saturated rings. The summed E-state index contributed by atoms with van der Waals surface area (Å²) < 4.78 is 7.81. The summed E-state index contributed by atoms with van der Waals surface area (Å²) >= 11 is 0. The van der Waals surface area contributed by atoms with Crippen LogP contribution in [0.4, 0.5) is 0 Å². The molecule has 3 rings (SSSR count). The number of hydrogen-bond acceptors (Lipinski definition) is 5. The van der Waals surface area contributed by atoms with E-state index in [1.54, 1.807) is 12.4 Å². The van der Waals surface area contributed by atoms with Crippen LogP contribution in [-0.2, 0) is 24.8 Å². The lowest BCUT2D eigenvalue weighted by Gasteiger charge is -2.22. The molecule has 1 aliphatic heterocycles. The molecule has 6 nitrogen and oxygen atoms in total. The van der Waals surface area contributed by atoms with Crippen LogP contribution >= 0.6 is 0 Å². The Labute approximate surface area is 124 Å². The van der Waals surface area contributed by atoms with Gasteiger partial charge < -0.3 is 9.30 Å². The van der Waals surface area contributed by atoms with Crippen LogP contribution in [0.25, 0.3) is 0 Å². The molecule has 2 aromatic heterocycles. The maximum atomic E-state index is 5.74. The van der Waals surface area contributed by atoms with Gasteiger partial charge in [0, 0.05) is 57.0 Å². The highest BCUT2D eigenvalue weighted by molar-refractivity contribution is 4.97. The number of hydrogen-bond donors (Lipinski definition) is 0. The number of aryl methyl sites for hydroxylation is 1. The van der Waals surface area contributed by atoms with Gasteiger partial charge in [-0.15, -0.1) is 0 Å². The van der Waals surface area contributed by atoms with Gasteiger partial charge in [-0.1, -0.05) is 0 Å². The molecular weight excluding hydrogens is 266 g/mol. The Morgan fingerprint density at radius 1 is 1.29 bits per heavy atom. The van der Waals surface area contributed by atoms with Gasteiger partial charge in [0.2, 0.25) is 0 Å². The predicted octanol–water partition coefficient (Wildman–Crippen LogP) is 0.901. The van der Waals surface area contributed by atoms with Crippen molar-refractivity contribution in [1.29, 1.82) is 0 Å². The van der Waals surface area contributed by atoms with Crippen LogP contribution in [0.2, 0.25) is 0 Å². The molecule has 1 saturated heterocycles. The van der Waals surface area contributed by atoms with Gasteiger partial charge in [-0.05, 0) is 6.42 Å². The summed E-state index contributed by atoms with van der Waals surface area (Å²) in [6, 6.07) is 0. The summed E-state index contributed by atoms with van der Waals surface area (Å²) in [6.45, 7) is 4.38. The first-order valence-electron chi connectivity index (χ1n) is 7.32. The van der Waals surface area contributed by atoms with Crippen molar-refractivity contribution < 1.29 is 4.74 Å². The second kappa shape index (κ2) is 6.78. The zero-order valence-electron chi connectivity index (χ0n) is 12.4. The second-order valence-corrected chi connectivity index (χ2v) is 5.53. The van der Waals surface area contributed by atoms with Gasteiger partial charge >= 0.3 is 0 Å². The van der Waals surface area contributed by atoms with Crippen molar-refractivity contribution in [2.24, 2.45) is 13.0 Å². The van der Waals surface area contributed by atoms with E-state index in [4.69, 9.17) is 4.74 Å². The largest absolute Gasteiger partial charge is 0.380 e. The first-order chi connectivity index (χ1) is 10.3. The Bertz CT molecular complexity index is 556. The van der Waals surface area contributed by atoms with Gasteiger partial charge in [0.25, 0.3) is 0 Å². The molecule has 0 radical (unpaired) electrons. The fourth-order valence-electron chi connectivity index (χ4n) is 2.70. The van der Waals surface area contributed by atoms with Crippen LogP contribution in [0.3, 0.4) is 0 Å². The predicted molar refractivity (Wildman–Crippen MR) is 78.5 cm³/mol. The summed E-state index contributed by atoms with van der Waals surface area (Å²) in [5, 5.41) is 0. The third-order valence-corrected chi connectivity index (χ3v) is 3.82. The average Bonchev–Trinajstić information content (AvgIpc) is 2.76. The SMILES string of the molecule is Cn1ccnc1CN1CCOCC(Cc2cnccn2)C1. The second-order valence-electron chi connectivity index (χ2n) is 5.53. The minimum atomic E-state index is 0.449. The summed E-state index contributed by atoms with van der Waals surface area (Å²) in [7, 11) is 2.04. The molecule has 3 heterocycles. The van der Waals surface area contributed by atoms with Crippen molar-refractivity contribution in [2.75, 3.05) is 26.3 Å². The van der Waals surface area contributed by atoms with Crippen LogP contribution in [0.1, 0.15) is 11.5 Å². The van der Waals surface area contributed by atoms with Gasteiger partial charge in [-0.25, -0.2) is 4.98 Å². The molecule has 0 amide bonds. The van der Waals surface area contributed by atoms with E-state index >= 15 is 0 Å². The summed E-state index contributed by atoms with van der Waals surface area (Å²) in [5.74, 6) is 1.54. The van der Waals surface area contributed by atoms with E-state index in [0.29, 0.717) is 5.92 Å². The first-order valence-corrected chi connectivity index (χ1v) is 7.32. The zero-order valence-corrected chi connectivity index (χ0v) is 12.4. The quantitative estimate of drug-likeness (QED) is 0.836. The highest BCUT2D eigenvalue weighted by atomic mass is 16.5. The van der Waals surface area contributed by atoms with E-state index in [2.05, 4.69) is 24.4 Å². The lowest BCUT2D eigenvalue weighted by molar-refractivity contribution is 0.121. The fraction of sp³-hybridized carbons (Fsp3) is 0.533. The van der Waals surface area contributed by atoms with E-state index in [0.717, 1.165) is 50.8 Å². The van der Waals surface area contributed by atoms with E-state index in [9.17, 15) is 0 Å². The van der Waals surface area contributed by atoms with Gasteiger partial charge in [0.15, 0.2) is 0 Å². The summed E-state index contributed by atoms with van der Waals surface area (Å²) in [5.41, 5.74) is 1.03. The van der Waals surface area contributed by atoms with Gasteiger partial charge in [-0.3, -0.25) is 14.9 Å². The van der Waals surface area contributed by atoms with Crippen molar-refractivity contribution in [1.82, 2.24) is 24.4 Å². The molecule has 0 spiro atoms. The molecule has 0 N–H and O–H groups in total. The summed E-state index contributed by atoms with van der Waals surface area (Å²) in [6.07, 6.45) is 10.0. The standard InChI is InChI=1S/C15H21N5O/c1-19-5-4-18-15(19)11-20-6-7-21-12-13(10-20)8-14-9-16-2-3-17-14/h2-5,9,13H,6-8,10-12H2,1H3. The topological polar surface area (TPSA) is 56.1 Å². The Morgan fingerprint density at radius 2 is 2.24 bits per heavy atom. The number of nitrogens with zero attached hydrogens (tertiary/aromatic N) is 5. The maximum Gasteiger partial charge on any atom is 0.122 e. The average molecular weight is 287 g/mol. The van der Waals surface area contributed by atoms with Crippen molar-refractivity contribution in [3.05, 3.63) is 42.5 Å². The molecular formula is C15H21N5O. The lowest BCUT2D eigenvalue weighted by atomic mass is 10.0. The molecule has 2 aromatic rings. The van der Waals surface area contributed by atoms with Crippen molar-refractivity contribution >= 4 is 0 Å². The number of imidazole rings is 1. The molecule has 1 atom stereocenters. The third-order valence-electron chi connectivity index (χ3n) is 3.82. The Morgan fingerprint density at radius 3 is 3.00 bits per heavy atom. The molecule has 0 bridgehead atoms. The number of rotatable bonds is 4. The van der Waals surface area contributed by atoms with Crippen LogP contribution in [0.15, 0.2) is 31.0 Å². The Hall–Kier alpha value is -1.79. The highest BCUT2D eigenvalue weighted by Gasteiger charge is 2.20. The van der Waals surface area contributed by atoms with Crippen molar-refractivity contribution in [2.45, 2.75) is 13.0 Å².